The molecule has 1 aromatic carbocycles. The lowest BCUT2D eigenvalue weighted by Gasteiger charge is -2.15. The molecule has 0 spiro atoms. The Balaban J connectivity index is 0.00000112. The fourth-order valence-electron chi connectivity index (χ4n) is 1.98. The number of benzene rings is 1. The van der Waals surface area contributed by atoms with Gasteiger partial charge < -0.3 is 10.4 Å². The molecule has 1 aliphatic heterocycles. The number of aliphatic carboxylic acids is 1. The summed E-state index contributed by atoms with van der Waals surface area (Å²) in [7, 11) is 0. The van der Waals surface area contributed by atoms with E-state index in [4.69, 9.17) is 5.11 Å². The normalized spacial score (nSPS) is 24.5. The molecule has 15 heavy (non-hydrogen) atoms. The van der Waals surface area contributed by atoms with E-state index in [-0.39, 0.29) is 24.4 Å². The smallest absolute Gasteiger partial charge is 0.308 e. The Morgan fingerprint density at radius 3 is 2.60 bits per heavy atom. The van der Waals surface area contributed by atoms with Gasteiger partial charge in [-0.1, -0.05) is 30.3 Å². The second-order valence-electron chi connectivity index (χ2n) is 3.58. The molecule has 0 aromatic heterocycles. The molecule has 0 saturated carbocycles. The number of carbonyl (C=O) groups is 1. The van der Waals surface area contributed by atoms with Crippen molar-refractivity contribution in [2.45, 2.75) is 12.5 Å². The van der Waals surface area contributed by atoms with Crippen LogP contribution in [0.2, 0.25) is 0 Å². The molecule has 1 aliphatic rings. The monoisotopic (exact) mass is 227 g/mol. The van der Waals surface area contributed by atoms with E-state index >= 15 is 0 Å². The highest BCUT2D eigenvalue weighted by Gasteiger charge is 2.33. The summed E-state index contributed by atoms with van der Waals surface area (Å²) in [5.41, 5.74) is 1.07. The quantitative estimate of drug-likeness (QED) is 0.811. The predicted octanol–water partition coefficient (Wildman–Crippen LogP) is 1.84. The van der Waals surface area contributed by atoms with Crippen LogP contribution in [0.5, 0.6) is 0 Å². The molecule has 0 aliphatic carbocycles. The molecule has 1 heterocycles. The molecule has 0 radical (unpaired) electrons. The first-order chi connectivity index (χ1) is 6.79. The van der Waals surface area contributed by atoms with Crippen LogP contribution in [0.25, 0.3) is 0 Å². The van der Waals surface area contributed by atoms with E-state index in [1.54, 1.807) is 0 Å². The predicted molar refractivity (Wildman–Crippen MR) is 60.2 cm³/mol. The Hall–Kier alpha value is -1.06. The lowest BCUT2D eigenvalue weighted by Crippen LogP contribution is -2.23. The zero-order chi connectivity index (χ0) is 9.97. The molecule has 82 valence electrons. The minimum Gasteiger partial charge on any atom is -0.481 e. The Labute approximate surface area is 94.9 Å². The third-order valence-electron chi connectivity index (χ3n) is 2.70. The maximum atomic E-state index is 10.9. The third kappa shape index (κ3) is 2.49. The van der Waals surface area contributed by atoms with Gasteiger partial charge in [-0.25, -0.2) is 0 Å². The van der Waals surface area contributed by atoms with E-state index in [0.717, 1.165) is 18.5 Å². The third-order valence-corrected chi connectivity index (χ3v) is 2.70. The summed E-state index contributed by atoms with van der Waals surface area (Å²) in [5.74, 6) is -0.985. The summed E-state index contributed by atoms with van der Waals surface area (Å²) >= 11 is 0. The van der Waals surface area contributed by atoms with E-state index in [0.29, 0.717) is 0 Å². The van der Waals surface area contributed by atoms with E-state index in [2.05, 4.69) is 5.32 Å². The van der Waals surface area contributed by atoms with Crippen LogP contribution >= 0.6 is 12.4 Å². The first-order valence-electron chi connectivity index (χ1n) is 4.80. The lowest BCUT2D eigenvalue weighted by molar-refractivity contribution is -0.142. The molecule has 1 saturated heterocycles. The summed E-state index contributed by atoms with van der Waals surface area (Å²) in [4.78, 5) is 10.9. The SMILES string of the molecule is Cl.O=C(O)[C@H]1CCN[C@@H]1c1ccccc1. The summed E-state index contributed by atoms with van der Waals surface area (Å²) < 4.78 is 0. The summed E-state index contributed by atoms with van der Waals surface area (Å²) in [6, 6.07) is 9.74. The van der Waals surface area contributed by atoms with Crippen LogP contribution in [0.15, 0.2) is 30.3 Å². The second-order valence-corrected chi connectivity index (χ2v) is 3.58. The van der Waals surface area contributed by atoms with Crippen molar-refractivity contribution in [2.75, 3.05) is 6.54 Å². The maximum absolute atomic E-state index is 10.9. The maximum Gasteiger partial charge on any atom is 0.308 e. The van der Waals surface area contributed by atoms with Crippen LogP contribution in [-0.4, -0.2) is 17.6 Å². The largest absolute Gasteiger partial charge is 0.481 e. The highest BCUT2D eigenvalue weighted by molar-refractivity contribution is 5.85. The Morgan fingerprint density at radius 1 is 1.33 bits per heavy atom. The molecule has 4 heteroatoms. The van der Waals surface area contributed by atoms with Gasteiger partial charge in [0.05, 0.1) is 5.92 Å². The molecule has 2 N–H and O–H groups in total. The van der Waals surface area contributed by atoms with Gasteiger partial charge in [0.1, 0.15) is 0 Å². The molecule has 0 bridgehead atoms. The minimum atomic E-state index is -0.705. The van der Waals surface area contributed by atoms with Gasteiger partial charge in [-0.15, -0.1) is 12.4 Å². The topological polar surface area (TPSA) is 49.3 Å². The summed E-state index contributed by atoms with van der Waals surface area (Å²) in [6.07, 6.45) is 0.717. The van der Waals surface area contributed by atoms with Crippen molar-refractivity contribution in [1.82, 2.24) is 5.32 Å². The van der Waals surface area contributed by atoms with Crippen LogP contribution in [-0.2, 0) is 4.79 Å². The lowest BCUT2D eigenvalue weighted by atomic mass is 9.94. The fourth-order valence-corrected chi connectivity index (χ4v) is 1.98. The second kappa shape index (κ2) is 5.14. The van der Waals surface area contributed by atoms with Crippen molar-refractivity contribution < 1.29 is 9.90 Å². The molecule has 2 rings (SSSR count). The highest BCUT2D eigenvalue weighted by Crippen LogP contribution is 2.29. The number of rotatable bonds is 2. The zero-order valence-electron chi connectivity index (χ0n) is 8.22. The van der Waals surface area contributed by atoms with Crippen molar-refractivity contribution in [3.63, 3.8) is 0 Å². The molecule has 1 fully saturated rings. The number of hydrogen-bond donors (Lipinski definition) is 2. The van der Waals surface area contributed by atoms with Gasteiger partial charge in [0.25, 0.3) is 0 Å². The molecular formula is C11H14ClNO2. The van der Waals surface area contributed by atoms with Crippen molar-refractivity contribution in [3.05, 3.63) is 35.9 Å². The van der Waals surface area contributed by atoms with Crippen LogP contribution in [0.3, 0.4) is 0 Å². The van der Waals surface area contributed by atoms with Gasteiger partial charge in [0.15, 0.2) is 0 Å². The number of hydrogen-bond acceptors (Lipinski definition) is 2. The summed E-state index contributed by atoms with van der Waals surface area (Å²) in [5, 5.41) is 12.2. The van der Waals surface area contributed by atoms with Crippen LogP contribution in [0.4, 0.5) is 0 Å². The zero-order valence-corrected chi connectivity index (χ0v) is 9.04. The highest BCUT2D eigenvalue weighted by atomic mass is 35.5. The van der Waals surface area contributed by atoms with Gasteiger partial charge in [-0.2, -0.15) is 0 Å². The van der Waals surface area contributed by atoms with Gasteiger partial charge in [-0.05, 0) is 18.5 Å². The van der Waals surface area contributed by atoms with E-state index < -0.39 is 5.97 Å². The summed E-state index contributed by atoms with van der Waals surface area (Å²) in [6.45, 7) is 0.788. The van der Waals surface area contributed by atoms with Gasteiger partial charge in [-0.3, -0.25) is 4.79 Å². The average molecular weight is 228 g/mol. The molecule has 2 atom stereocenters. The van der Waals surface area contributed by atoms with E-state index in [1.165, 1.54) is 0 Å². The van der Waals surface area contributed by atoms with Gasteiger partial charge in [0.2, 0.25) is 0 Å². The van der Waals surface area contributed by atoms with Crippen molar-refractivity contribution >= 4 is 18.4 Å². The molecule has 1 aromatic rings. The molecular weight excluding hydrogens is 214 g/mol. The first-order valence-corrected chi connectivity index (χ1v) is 4.80. The molecule has 0 unspecified atom stereocenters. The van der Waals surface area contributed by atoms with Crippen molar-refractivity contribution in [1.29, 1.82) is 0 Å². The van der Waals surface area contributed by atoms with Crippen molar-refractivity contribution in [3.8, 4) is 0 Å². The van der Waals surface area contributed by atoms with Crippen molar-refractivity contribution in [2.24, 2.45) is 5.92 Å². The number of nitrogens with one attached hydrogen (secondary N) is 1. The number of carboxylic acids is 1. The first kappa shape index (κ1) is 12.0. The average Bonchev–Trinajstić information content (AvgIpc) is 2.67. The molecule has 3 nitrogen and oxygen atoms in total. The van der Waals surface area contributed by atoms with Crippen LogP contribution < -0.4 is 5.32 Å². The van der Waals surface area contributed by atoms with E-state index in [1.807, 2.05) is 30.3 Å². The van der Waals surface area contributed by atoms with Crippen LogP contribution in [0.1, 0.15) is 18.0 Å². The van der Waals surface area contributed by atoms with Crippen LogP contribution in [0, 0.1) is 5.92 Å². The number of halogens is 1. The van der Waals surface area contributed by atoms with Gasteiger partial charge in [0, 0.05) is 6.04 Å². The number of carboxylic acid groups (broad SMARTS) is 1. The fraction of sp³-hybridized carbons (Fsp3) is 0.364. The van der Waals surface area contributed by atoms with Gasteiger partial charge >= 0.3 is 5.97 Å². The molecule has 0 amide bonds. The Bertz CT molecular complexity index is 329. The minimum absolute atomic E-state index is 0. The Morgan fingerprint density at radius 2 is 2.00 bits per heavy atom. The standard InChI is InChI=1S/C11H13NO2.ClH/c13-11(14)9-6-7-12-10(9)8-4-2-1-3-5-8;/h1-5,9-10,12H,6-7H2,(H,13,14);1H/t9-,10+;/m0./s1. The Kier molecular flexibility index (Phi) is 4.12. The van der Waals surface area contributed by atoms with E-state index in [9.17, 15) is 4.79 Å².